The number of ether oxygens (including phenoxy) is 1. The number of carbonyl (C=O) groups excluding carboxylic acids is 1. The molecule has 1 heterocycles. The van der Waals surface area contributed by atoms with Crippen LogP contribution in [0.4, 0.5) is 0 Å². The molecule has 1 N–H and O–H groups in total. The van der Waals surface area contributed by atoms with Gasteiger partial charge in [-0.25, -0.2) is 0 Å². The zero-order valence-electron chi connectivity index (χ0n) is 13.3. The summed E-state index contributed by atoms with van der Waals surface area (Å²) in [6.45, 7) is 5.83. The molecule has 1 aromatic heterocycles. The molecule has 0 saturated carbocycles. The summed E-state index contributed by atoms with van der Waals surface area (Å²) in [5.74, 6) is 1.56. The molecule has 1 aromatic carbocycles. The summed E-state index contributed by atoms with van der Waals surface area (Å²) < 4.78 is 10.8. The van der Waals surface area contributed by atoms with E-state index in [1.54, 1.807) is 7.11 Å². The smallest absolute Gasteiger partial charge is 0.247 e. The number of nitrogens with zero attached hydrogens (tertiary/aromatic N) is 2. The fourth-order valence-corrected chi connectivity index (χ4v) is 1.93. The molecule has 6 heteroatoms. The van der Waals surface area contributed by atoms with Crippen LogP contribution in [0, 0.1) is 0 Å². The van der Waals surface area contributed by atoms with Crippen molar-refractivity contribution in [3.63, 3.8) is 0 Å². The highest BCUT2D eigenvalue weighted by molar-refractivity contribution is 5.76. The van der Waals surface area contributed by atoms with Crippen LogP contribution in [0.3, 0.4) is 0 Å². The molecule has 0 aliphatic rings. The first-order valence-corrected chi connectivity index (χ1v) is 7.15. The first-order chi connectivity index (χ1) is 10.4. The Morgan fingerprint density at radius 3 is 2.77 bits per heavy atom. The predicted molar refractivity (Wildman–Crippen MR) is 82.5 cm³/mol. The van der Waals surface area contributed by atoms with Gasteiger partial charge in [0, 0.05) is 23.9 Å². The molecule has 0 unspecified atom stereocenters. The molecule has 0 aliphatic heterocycles. The van der Waals surface area contributed by atoms with Crippen LogP contribution >= 0.6 is 0 Å². The maximum absolute atomic E-state index is 11.8. The molecule has 0 saturated heterocycles. The van der Waals surface area contributed by atoms with Crippen LogP contribution in [0.15, 0.2) is 28.7 Å². The molecule has 6 nitrogen and oxygen atoms in total. The van der Waals surface area contributed by atoms with E-state index in [2.05, 4.69) is 15.5 Å². The number of benzene rings is 1. The molecule has 22 heavy (non-hydrogen) atoms. The zero-order chi connectivity index (χ0) is 16.2. The molecule has 2 aromatic rings. The van der Waals surface area contributed by atoms with Crippen LogP contribution < -0.4 is 10.1 Å². The van der Waals surface area contributed by atoms with E-state index in [1.807, 2.05) is 45.0 Å². The van der Waals surface area contributed by atoms with Crippen molar-refractivity contribution < 1.29 is 13.9 Å². The second-order valence-electron chi connectivity index (χ2n) is 6.03. The highest BCUT2D eigenvalue weighted by Crippen LogP contribution is 2.22. The lowest BCUT2D eigenvalue weighted by Crippen LogP contribution is -2.40. The highest BCUT2D eigenvalue weighted by atomic mass is 16.5. The molecule has 0 atom stereocenters. The van der Waals surface area contributed by atoms with Crippen LogP contribution in [0.5, 0.6) is 5.75 Å². The number of aromatic nitrogens is 2. The number of methoxy groups -OCH3 is 1. The first kappa shape index (κ1) is 16.0. The van der Waals surface area contributed by atoms with Crippen molar-refractivity contribution in [1.29, 1.82) is 0 Å². The van der Waals surface area contributed by atoms with Crippen molar-refractivity contribution >= 4 is 5.91 Å². The van der Waals surface area contributed by atoms with Crippen molar-refractivity contribution in [2.45, 2.75) is 39.2 Å². The van der Waals surface area contributed by atoms with Crippen LogP contribution in [-0.2, 0) is 11.2 Å². The van der Waals surface area contributed by atoms with Gasteiger partial charge in [-0.2, -0.15) is 0 Å². The van der Waals surface area contributed by atoms with E-state index < -0.39 is 0 Å². The lowest BCUT2D eigenvalue weighted by atomic mass is 10.1. The standard InChI is InChI=1S/C16H21N3O3/c1-16(2,3)17-13(20)8-9-14-18-19-15(22-14)11-6-5-7-12(10-11)21-4/h5-7,10H,8-9H2,1-4H3,(H,17,20). The minimum atomic E-state index is -0.238. The number of nitrogens with one attached hydrogen (secondary N) is 1. The Kier molecular flexibility index (Phi) is 4.80. The lowest BCUT2D eigenvalue weighted by molar-refractivity contribution is -0.122. The van der Waals surface area contributed by atoms with Crippen molar-refractivity contribution in [3.05, 3.63) is 30.2 Å². The number of carbonyl (C=O) groups is 1. The SMILES string of the molecule is COc1cccc(-c2nnc(CCC(=O)NC(C)(C)C)o2)c1. The summed E-state index contributed by atoms with van der Waals surface area (Å²) >= 11 is 0. The van der Waals surface area contributed by atoms with Gasteiger partial charge in [0.25, 0.3) is 0 Å². The van der Waals surface area contributed by atoms with E-state index in [1.165, 1.54) is 0 Å². The number of rotatable bonds is 5. The molecule has 2 rings (SSSR count). The lowest BCUT2D eigenvalue weighted by Gasteiger charge is -2.20. The van der Waals surface area contributed by atoms with Gasteiger partial charge >= 0.3 is 0 Å². The zero-order valence-corrected chi connectivity index (χ0v) is 13.3. The maximum Gasteiger partial charge on any atom is 0.247 e. The van der Waals surface area contributed by atoms with E-state index in [0.717, 1.165) is 11.3 Å². The van der Waals surface area contributed by atoms with Gasteiger partial charge in [0.2, 0.25) is 17.7 Å². The van der Waals surface area contributed by atoms with Crippen molar-refractivity contribution in [2.75, 3.05) is 7.11 Å². The summed E-state index contributed by atoms with van der Waals surface area (Å²) in [7, 11) is 1.60. The summed E-state index contributed by atoms with van der Waals surface area (Å²) in [6, 6.07) is 7.39. The van der Waals surface area contributed by atoms with E-state index in [4.69, 9.17) is 9.15 Å². The van der Waals surface area contributed by atoms with Crippen molar-refractivity contribution in [3.8, 4) is 17.2 Å². The number of aryl methyl sites for hydroxylation is 1. The molecular formula is C16H21N3O3. The van der Waals surface area contributed by atoms with E-state index in [-0.39, 0.29) is 11.4 Å². The van der Waals surface area contributed by atoms with Gasteiger partial charge in [-0.1, -0.05) is 6.07 Å². The summed E-state index contributed by atoms with van der Waals surface area (Å²) in [5, 5.41) is 10.9. The van der Waals surface area contributed by atoms with Gasteiger partial charge in [-0.3, -0.25) is 4.79 Å². The number of amides is 1. The van der Waals surface area contributed by atoms with E-state index in [9.17, 15) is 4.79 Å². The second-order valence-corrected chi connectivity index (χ2v) is 6.03. The monoisotopic (exact) mass is 303 g/mol. The van der Waals surface area contributed by atoms with Gasteiger partial charge < -0.3 is 14.5 Å². The molecule has 118 valence electrons. The molecule has 0 spiro atoms. The van der Waals surface area contributed by atoms with Gasteiger partial charge in [0.15, 0.2) is 0 Å². The quantitative estimate of drug-likeness (QED) is 0.918. The number of hydrogen-bond donors (Lipinski definition) is 1. The van der Waals surface area contributed by atoms with Crippen LogP contribution in [0.1, 0.15) is 33.1 Å². The fraction of sp³-hybridized carbons (Fsp3) is 0.438. The topological polar surface area (TPSA) is 77.2 Å². The summed E-state index contributed by atoms with van der Waals surface area (Å²) in [6.07, 6.45) is 0.732. The second kappa shape index (κ2) is 6.60. The summed E-state index contributed by atoms with van der Waals surface area (Å²) in [4.78, 5) is 11.8. The Hall–Kier alpha value is -2.37. The van der Waals surface area contributed by atoms with Crippen molar-refractivity contribution in [2.24, 2.45) is 0 Å². The highest BCUT2D eigenvalue weighted by Gasteiger charge is 2.15. The Bertz CT molecular complexity index is 644. The minimum Gasteiger partial charge on any atom is -0.497 e. The predicted octanol–water partition coefficient (Wildman–Crippen LogP) is 2.59. The Balaban J connectivity index is 1.98. The average Bonchev–Trinajstić information content (AvgIpc) is 2.92. The third-order valence-electron chi connectivity index (χ3n) is 2.86. The molecule has 0 aliphatic carbocycles. The third kappa shape index (κ3) is 4.58. The minimum absolute atomic E-state index is 0.0337. The largest absolute Gasteiger partial charge is 0.497 e. The Morgan fingerprint density at radius 1 is 1.32 bits per heavy atom. The Labute approximate surface area is 129 Å². The number of hydrogen-bond acceptors (Lipinski definition) is 5. The van der Waals surface area contributed by atoms with E-state index in [0.29, 0.717) is 24.6 Å². The maximum atomic E-state index is 11.8. The van der Waals surface area contributed by atoms with Gasteiger partial charge in [-0.15, -0.1) is 10.2 Å². The molecular weight excluding hydrogens is 282 g/mol. The Morgan fingerprint density at radius 2 is 2.09 bits per heavy atom. The third-order valence-corrected chi connectivity index (χ3v) is 2.86. The van der Waals surface area contributed by atoms with Gasteiger partial charge in [0.05, 0.1) is 7.11 Å². The van der Waals surface area contributed by atoms with Crippen LogP contribution in [0.25, 0.3) is 11.5 Å². The first-order valence-electron chi connectivity index (χ1n) is 7.15. The van der Waals surface area contributed by atoms with Gasteiger partial charge in [-0.05, 0) is 39.0 Å². The normalized spacial score (nSPS) is 11.3. The van der Waals surface area contributed by atoms with Crippen LogP contribution in [0.2, 0.25) is 0 Å². The molecule has 0 bridgehead atoms. The fourth-order valence-electron chi connectivity index (χ4n) is 1.93. The molecule has 1 amide bonds. The van der Waals surface area contributed by atoms with Crippen LogP contribution in [-0.4, -0.2) is 28.8 Å². The molecule has 0 radical (unpaired) electrons. The van der Waals surface area contributed by atoms with Crippen molar-refractivity contribution in [1.82, 2.24) is 15.5 Å². The summed E-state index contributed by atoms with van der Waals surface area (Å²) in [5.41, 5.74) is 0.551. The van der Waals surface area contributed by atoms with E-state index >= 15 is 0 Å². The molecule has 0 fully saturated rings. The average molecular weight is 303 g/mol. The van der Waals surface area contributed by atoms with Gasteiger partial charge in [0.1, 0.15) is 5.75 Å².